The van der Waals surface area contributed by atoms with Crippen LogP contribution in [-0.2, 0) is 17.8 Å². The summed E-state index contributed by atoms with van der Waals surface area (Å²) in [5, 5.41) is 1.18. The van der Waals surface area contributed by atoms with Crippen molar-refractivity contribution >= 4 is 45.1 Å². The Kier molecular flexibility index (Phi) is 4.33. The lowest BCUT2D eigenvalue weighted by Gasteiger charge is -2.14. The van der Waals surface area contributed by atoms with Gasteiger partial charge in [0.05, 0.1) is 11.4 Å². The highest BCUT2D eigenvalue weighted by Crippen LogP contribution is 2.36. The van der Waals surface area contributed by atoms with Crippen molar-refractivity contribution in [3.63, 3.8) is 0 Å². The van der Waals surface area contributed by atoms with E-state index >= 15 is 0 Å². The van der Waals surface area contributed by atoms with Gasteiger partial charge in [0.25, 0.3) is 5.91 Å². The number of thiocarbonyl (C=S) groups is 1. The lowest BCUT2D eigenvalue weighted by atomic mass is 10.1. The summed E-state index contributed by atoms with van der Waals surface area (Å²) in [6, 6.07) is 13.8. The molecule has 5 nitrogen and oxygen atoms in total. The van der Waals surface area contributed by atoms with E-state index in [1.165, 1.54) is 17.1 Å². The van der Waals surface area contributed by atoms with Crippen LogP contribution in [0.3, 0.4) is 0 Å². The van der Waals surface area contributed by atoms with Crippen molar-refractivity contribution in [1.82, 2.24) is 9.88 Å². The third kappa shape index (κ3) is 3.06. The van der Waals surface area contributed by atoms with E-state index in [0.29, 0.717) is 27.9 Å². The van der Waals surface area contributed by atoms with Gasteiger partial charge in [0.15, 0.2) is 11.5 Å². The number of nitrogens with zero attached hydrogens (tertiary/aromatic N) is 1. The van der Waals surface area contributed by atoms with Gasteiger partial charge in [-0.25, -0.2) is 0 Å². The number of nitrogens with one attached hydrogen (secondary N) is 1. The smallest absolute Gasteiger partial charge is 0.266 e. The molecule has 2 aliphatic rings. The number of allylic oxidation sites excluding steroid dienone is 1. The Hall–Kier alpha value is -2.77. The van der Waals surface area contributed by atoms with E-state index in [1.54, 1.807) is 4.90 Å². The molecule has 3 heterocycles. The van der Waals surface area contributed by atoms with Crippen LogP contribution in [-0.4, -0.2) is 26.9 Å². The molecule has 0 radical (unpaired) electrons. The van der Waals surface area contributed by atoms with Gasteiger partial charge in [0, 0.05) is 18.5 Å². The number of aromatic nitrogens is 1. The van der Waals surface area contributed by atoms with Crippen molar-refractivity contribution in [1.29, 1.82) is 0 Å². The fraction of sp³-hybridized carbons (Fsp3) is 0.143. The first-order valence-electron chi connectivity index (χ1n) is 8.86. The summed E-state index contributed by atoms with van der Waals surface area (Å²) in [7, 11) is 0. The second kappa shape index (κ2) is 7.00. The Labute approximate surface area is 172 Å². The third-order valence-corrected chi connectivity index (χ3v) is 6.26. The zero-order valence-electron chi connectivity index (χ0n) is 14.8. The van der Waals surface area contributed by atoms with Crippen LogP contribution in [0.1, 0.15) is 12.6 Å². The fourth-order valence-electron chi connectivity index (χ4n) is 3.40. The third-order valence-electron chi connectivity index (χ3n) is 4.83. The quantitative estimate of drug-likeness (QED) is 0.502. The molecule has 2 aliphatic heterocycles. The number of rotatable bonds is 4. The summed E-state index contributed by atoms with van der Waals surface area (Å²) >= 11 is 6.81. The number of hydrogen-bond donors (Lipinski definition) is 1. The van der Waals surface area contributed by atoms with Crippen molar-refractivity contribution in [3.05, 3.63) is 70.8 Å². The Balaban J connectivity index is 0.00000205. The lowest BCUT2D eigenvalue weighted by Crippen LogP contribution is -2.27. The zero-order chi connectivity index (χ0) is 19.1. The number of fused-ring (bicyclic) bond motifs is 2. The Morgan fingerprint density at radius 2 is 2.07 bits per heavy atom. The molecule has 0 spiro atoms. The molecule has 5 rings (SSSR count). The maximum absolute atomic E-state index is 12.9. The molecule has 1 amide bonds. The Bertz CT molecular complexity index is 1140. The van der Waals surface area contributed by atoms with Crippen molar-refractivity contribution < 1.29 is 15.7 Å². The van der Waals surface area contributed by atoms with Crippen LogP contribution >= 0.6 is 24.0 Å². The predicted molar refractivity (Wildman–Crippen MR) is 116 cm³/mol. The Morgan fingerprint density at radius 1 is 1.21 bits per heavy atom. The number of amides is 1. The number of aromatic amines is 1. The number of hydrogen-bond acceptors (Lipinski definition) is 5. The molecule has 0 unspecified atom stereocenters. The second-order valence-corrected chi connectivity index (χ2v) is 8.25. The van der Waals surface area contributed by atoms with Crippen molar-refractivity contribution in [2.75, 3.05) is 6.79 Å². The summed E-state index contributed by atoms with van der Waals surface area (Å²) in [6.07, 6.45) is 4.64. The summed E-state index contributed by atoms with van der Waals surface area (Å²) < 4.78 is 11.3. The molecule has 0 bridgehead atoms. The van der Waals surface area contributed by atoms with Crippen molar-refractivity contribution in [2.45, 2.75) is 13.0 Å². The molecular formula is C21H18N2O3S2. The van der Waals surface area contributed by atoms with Gasteiger partial charge < -0.3 is 14.5 Å². The predicted octanol–water partition coefficient (Wildman–Crippen LogP) is 4.63. The minimum Gasteiger partial charge on any atom is -0.454 e. The van der Waals surface area contributed by atoms with Gasteiger partial charge in [-0.05, 0) is 35.7 Å². The lowest BCUT2D eigenvalue weighted by molar-refractivity contribution is -0.122. The summed E-state index contributed by atoms with van der Waals surface area (Å²) in [5.74, 6) is 1.39. The van der Waals surface area contributed by atoms with Crippen LogP contribution in [0, 0.1) is 0 Å². The molecule has 142 valence electrons. The molecule has 1 aromatic heterocycles. The second-order valence-electron chi connectivity index (χ2n) is 6.58. The van der Waals surface area contributed by atoms with E-state index in [9.17, 15) is 4.79 Å². The molecule has 28 heavy (non-hydrogen) atoms. The summed E-state index contributed by atoms with van der Waals surface area (Å²) in [4.78, 5) is 18.4. The average molecular weight is 411 g/mol. The molecule has 0 atom stereocenters. The van der Waals surface area contributed by atoms with Gasteiger partial charge in [0.2, 0.25) is 6.79 Å². The molecule has 1 N–H and O–H groups in total. The van der Waals surface area contributed by atoms with Gasteiger partial charge in [-0.1, -0.05) is 54.3 Å². The Morgan fingerprint density at radius 3 is 3.00 bits per heavy atom. The van der Waals surface area contributed by atoms with Crippen LogP contribution in [0.15, 0.2) is 59.6 Å². The SMILES string of the molecule is O=C1/C(=C/Cc2c[nH]c3ccccc23)SC(=S)N1Cc1ccc2c(c1)OCO2.[HH]. The number of para-hydroxylation sites is 1. The molecule has 0 saturated carbocycles. The van der Waals surface area contributed by atoms with E-state index in [0.717, 1.165) is 22.4 Å². The van der Waals surface area contributed by atoms with E-state index in [4.69, 9.17) is 21.7 Å². The van der Waals surface area contributed by atoms with Crippen LogP contribution < -0.4 is 9.47 Å². The van der Waals surface area contributed by atoms with Gasteiger partial charge >= 0.3 is 0 Å². The van der Waals surface area contributed by atoms with Gasteiger partial charge in [-0.3, -0.25) is 9.69 Å². The highest BCUT2D eigenvalue weighted by Gasteiger charge is 2.32. The highest BCUT2D eigenvalue weighted by atomic mass is 32.2. The number of ether oxygens (including phenoxy) is 2. The fourth-order valence-corrected chi connectivity index (χ4v) is 4.63. The molecule has 7 heteroatoms. The maximum Gasteiger partial charge on any atom is 0.266 e. The minimum atomic E-state index is -0.0486. The standard InChI is InChI=1S/C21H16N2O3S2.H2/c24-20-19(8-6-14-10-22-16-4-2-1-3-15(14)16)28-21(27)23(20)11-13-5-7-17-18(9-13)26-12-25-17;/h1-5,7-10,22H,6,11-12H2;1H/b19-8-;. The molecule has 3 aromatic rings. The number of carbonyl (C=O) groups is 1. The molecule has 1 saturated heterocycles. The van der Waals surface area contributed by atoms with Gasteiger partial charge in [0.1, 0.15) is 4.32 Å². The van der Waals surface area contributed by atoms with E-state index < -0.39 is 0 Å². The highest BCUT2D eigenvalue weighted by molar-refractivity contribution is 8.26. The normalized spacial score (nSPS) is 17.3. The van der Waals surface area contributed by atoms with Gasteiger partial charge in [-0.15, -0.1) is 0 Å². The maximum atomic E-state index is 12.9. The minimum absolute atomic E-state index is 0. The molecule has 2 aromatic carbocycles. The van der Waals surface area contributed by atoms with E-state index in [2.05, 4.69) is 11.1 Å². The van der Waals surface area contributed by atoms with Crippen LogP contribution in [0.2, 0.25) is 0 Å². The summed E-state index contributed by atoms with van der Waals surface area (Å²) in [5.41, 5.74) is 3.22. The molecule has 0 aliphatic carbocycles. The average Bonchev–Trinajstić information content (AvgIpc) is 3.40. The molecule has 1 fully saturated rings. The molecular weight excluding hydrogens is 392 g/mol. The summed E-state index contributed by atoms with van der Waals surface area (Å²) in [6.45, 7) is 0.655. The number of thioether (sulfide) groups is 1. The number of benzene rings is 2. The topological polar surface area (TPSA) is 54.6 Å². The first kappa shape index (κ1) is 17.3. The van der Waals surface area contributed by atoms with Crippen LogP contribution in [0.5, 0.6) is 11.5 Å². The van der Waals surface area contributed by atoms with Crippen molar-refractivity contribution in [3.8, 4) is 11.5 Å². The largest absolute Gasteiger partial charge is 0.454 e. The number of H-pyrrole nitrogens is 1. The number of carbonyl (C=O) groups excluding carboxylic acids is 1. The van der Waals surface area contributed by atoms with E-state index in [1.807, 2.05) is 48.7 Å². The first-order valence-corrected chi connectivity index (χ1v) is 10.1. The van der Waals surface area contributed by atoms with Crippen LogP contribution in [0.4, 0.5) is 0 Å². The first-order chi connectivity index (χ1) is 13.7. The monoisotopic (exact) mass is 410 g/mol. The van der Waals surface area contributed by atoms with E-state index in [-0.39, 0.29) is 14.1 Å². The van der Waals surface area contributed by atoms with Gasteiger partial charge in [-0.2, -0.15) is 0 Å². The zero-order valence-corrected chi connectivity index (χ0v) is 16.4. The van der Waals surface area contributed by atoms with Crippen LogP contribution in [0.25, 0.3) is 10.9 Å². The van der Waals surface area contributed by atoms with Crippen molar-refractivity contribution in [2.24, 2.45) is 0 Å².